The zero-order valence-corrected chi connectivity index (χ0v) is 16.8. The van der Waals surface area contributed by atoms with Gasteiger partial charge in [0.25, 0.3) is 0 Å². The van der Waals surface area contributed by atoms with Gasteiger partial charge in [-0.2, -0.15) is 0 Å². The van der Waals surface area contributed by atoms with E-state index in [1.165, 1.54) is 8.96 Å². The number of nitrogens with zero attached hydrogens (tertiary/aromatic N) is 2. The van der Waals surface area contributed by atoms with Gasteiger partial charge in [0, 0.05) is 36.0 Å². The van der Waals surface area contributed by atoms with Gasteiger partial charge in [-0.1, -0.05) is 62.4 Å². The second-order valence-electron chi connectivity index (χ2n) is 7.97. The van der Waals surface area contributed by atoms with E-state index in [9.17, 15) is 0 Å². The molecule has 1 aromatic carbocycles. The van der Waals surface area contributed by atoms with E-state index in [0.717, 1.165) is 12.0 Å². The fraction of sp³-hybridized carbons (Fsp3) is 0.208. The smallest absolute Gasteiger partial charge is 0.390 e. The number of aromatic nitrogens is 1. The van der Waals surface area contributed by atoms with Crippen LogP contribution in [0.4, 0.5) is 8.63 Å². The molecule has 0 bridgehead atoms. The Hall–Kier alpha value is -2.95. The number of hydrogen-bond donors (Lipinski definition) is 0. The zero-order valence-electron chi connectivity index (χ0n) is 16.8. The van der Waals surface area contributed by atoms with Crippen molar-refractivity contribution in [1.82, 2.24) is 4.48 Å². The Balaban J connectivity index is 1.63. The predicted octanol–water partition coefficient (Wildman–Crippen LogP) is 6.25. The number of benzene rings is 1. The largest absolute Gasteiger partial charge is 0.737 e. The maximum atomic E-state index is 15.6. The highest BCUT2D eigenvalue weighted by Crippen LogP contribution is 2.33. The maximum absolute atomic E-state index is 15.6. The Kier molecular flexibility index (Phi) is 5.23. The molecule has 5 heteroatoms. The number of fused-ring (bicyclic) bond motifs is 2. The highest BCUT2D eigenvalue weighted by atomic mass is 19.2. The van der Waals surface area contributed by atoms with Gasteiger partial charge in [-0.15, -0.1) is 0 Å². The summed E-state index contributed by atoms with van der Waals surface area (Å²) in [5.41, 5.74) is 3.41. The van der Waals surface area contributed by atoms with Crippen LogP contribution in [-0.4, -0.2) is 21.6 Å². The van der Waals surface area contributed by atoms with Crippen molar-refractivity contribution in [3.63, 3.8) is 0 Å². The molecule has 2 aliphatic rings. The highest BCUT2D eigenvalue weighted by Gasteiger charge is 2.52. The average Bonchev–Trinajstić information content (AvgIpc) is 3.30. The molecule has 0 aliphatic carbocycles. The van der Waals surface area contributed by atoms with Crippen LogP contribution in [0.2, 0.25) is 0 Å². The number of hydrogen-bond acceptors (Lipinski definition) is 0. The second kappa shape index (κ2) is 7.82. The van der Waals surface area contributed by atoms with Crippen molar-refractivity contribution in [3.05, 3.63) is 89.4 Å². The van der Waals surface area contributed by atoms with Gasteiger partial charge < -0.3 is 17.6 Å². The molecule has 148 valence electrons. The highest BCUT2D eigenvalue weighted by molar-refractivity contribution is 6.58. The Morgan fingerprint density at radius 1 is 1.00 bits per heavy atom. The Labute approximate surface area is 170 Å². The van der Waals surface area contributed by atoms with E-state index >= 15 is 8.63 Å². The van der Waals surface area contributed by atoms with E-state index in [1.54, 1.807) is 24.3 Å². The Morgan fingerprint density at radius 2 is 1.76 bits per heavy atom. The molecular formula is C24H25BF2N2. The van der Waals surface area contributed by atoms with Crippen molar-refractivity contribution < 1.29 is 13.1 Å². The molecule has 0 atom stereocenters. The molecule has 0 N–H and O–H groups in total. The lowest BCUT2D eigenvalue weighted by Gasteiger charge is -2.30. The van der Waals surface area contributed by atoms with E-state index in [2.05, 4.69) is 13.8 Å². The minimum absolute atomic E-state index is 0.479. The van der Waals surface area contributed by atoms with Crippen LogP contribution in [0.1, 0.15) is 43.6 Å². The van der Waals surface area contributed by atoms with Gasteiger partial charge >= 0.3 is 6.97 Å². The van der Waals surface area contributed by atoms with Crippen LogP contribution in [0.3, 0.4) is 0 Å². The van der Waals surface area contributed by atoms with Crippen LogP contribution in [0.15, 0.2) is 72.5 Å². The molecule has 3 heterocycles. The standard InChI is InChI=1S/C24H25BF2N2/c1-19(2)12-13-22-15-17-24-18-23-16-14-21(28(23)25(26,27)29(22)24)11-7-6-10-20-8-4-3-5-9-20/h3-11,14-19H,12-13H2,1-2H3/b10-6+,11-7+. The molecule has 2 aliphatic heterocycles. The summed E-state index contributed by atoms with van der Waals surface area (Å²) in [5.74, 6) is 0.479. The minimum atomic E-state index is -3.92. The SMILES string of the molecule is CC(C)CCC1=[N+]2C(=Cc3ccc(/C=C/C=C/c4ccccc4)n3[B-]2(F)F)C=C1. The molecule has 0 saturated carbocycles. The first-order valence-electron chi connectivity index (χ1n) is 10.2. The first-order valence-corrected chi connectivity index (χ1v) is 10.2. The van der Waals surface area contributed by atoms with Gasteiger partial charge in [0.05, 0.1) is 0 Å². The molecule has 0 amide bonds. The van der Waals surface area contributed by atoms with Crippen molar-refractivity contribution in [2.75, 3.05) is 0 Å². The molecule has 0 unspecified atom stereocenters. The van der Waals surface area contributed by atoms with Gasteiger partial charge in [-0.25, -0.2) is 0 Å². The lowest BCUT2D eigenvalue weighted by Crippen LogP contribution is -2.50. The molecule has 4 rings (SSSR count). The summed E-state index contributed by atoms with van der Waals surface area (Å²) in [5, 5.41) is 0. The summed E-state index contributed by atoms with van der Waals surface area (Å²) in [6.45, 7) is 0.309. The third kappa shape index (κ3) is 3.82. The zero-order chi connectivity index (χ0) is 20.4. The van der Waals surface area contributed by atoms with Crippen LogP contribution < -0.4 is 0 Å². The van der Waals surface area contributed by atoms with Crippen molar-refractivity contribution >= 4 is 30.9 Å². The van der Waals surface area contributed by atoms with Gasteiger partial charge in [0.2, 0.25) is 0 Å². The fourth-order valence-corrected chi connectivity index (χ4v) is 3.89. The maximum Gasteiger partial charge on any atom is 0.737 e. The van der Waals surface area contributed by atoms with Gasteiger partial charge in [0.1, 0.15) is 5.71 Å². The minimum Gasteiger partial charge on any atom is -0.390 e. The van der Waals surface area contributed by atoms with E-state index in [-0.39, 0.29) is 0 Å². The first-order chi connectivity index (χ1) is 14.0. The topological polar surface area (TPSA) is 7.94 Å². The monoisotopic (exact) mass is 390 g/mol. The van der Waals surface area contributed by atoms with Crippen molar-refractivity contribution in [2.24, 2.45) is 5.92 Å². The van der Waals surface area contributed by atoms with Crippen LogP contribution in [0.25, 0.3) is 18.2 Å². The van der Waals surface area contributed by atoms with Crippen LogP contribution in [0, 0.1) is 5.92 Å². The van der Waals surface area contributed by atoms with E-state index in [4.69, 9.17) is 0 Å². The summed E-state index contributed by atoms with van der Waals surface area (Å²) in [6, 6.07) is 13.4. The summed E-state index contributed by atoms with van der Waals surface area (Å²) in [6.07, 6.45) is 14.4. The molecule has 2 aromatic rings. The van der Waals surface area contributed by atoms with Gasteiger partial charge in [-0.3, -0.25) is 0 Å². The molecule has 0 spiro atoms. The van der Waals surface area contributed by atoms with E-state index < -0.39 is 6.97 Å². The van der Waals surface area contributed by atoms with Crippen molar-refractivity contribution in [3.8, 4) is 0 Å². The number of rotatable bonds is 6. The molecule has 2 nitrogen and oxygen atoms in total. The van der Waals surface area contributed by atoms with E-state index in [1.807, 2.05) is 60.7 Å². The summed E-state index contributed by atoms with van der Waals surface area (Å²) in [4.78, 5) is 0. The average molecular weight is 390 g/mol. The summed E-state index contributed by atoms with van der Waals surface area (Å²) in [7, 11) is 0. The number of allylic oxidation sites excluding steroid dienone is 4. The Bertz CT molecular complexity index is 1050. The summed E-state index contributed by atoms with van der Waals surface area (Å²) >= 11 is 0. The molecule has 0 radical (unpaired) electrons. The van der Waals surface area contributed by atoms with E-state index in [0.29, 0.717) is 35.1 Å². The molecule has 29 heavy (non-hydrogen) atoms. The van der Waals surface area contributed by atoms with Gasteiger partial charge in [-0.05, 0) is 36.1 Å². The molecule has 0 saturated heterocycles. The van der Waals surface area contributed by atoms with Gasteiger partial charge in [0.15, 0.2) is 5.70 Å². The third-order valence-electron chi connectivity index (χ3n) is 5.38. The summed E-state index contributed by atoms with van der Waals surface area (Å²) < 4.78 is 33.6. The quantitative estimate of drug-likeness (QED) is 0.407. The lowest BCUT2D eigenvalue weighted by molar-refractivity contribution is -0.362. The van der Waals surface area contributed by atoms with Crippen LogP contribution in [0.5, 0.6) is 0 Å². The van der Waals surface area contributed by atoms with Crippen LogP contribution >= 0.6 is 0 Å². The predicted molar refractivity (Wildman–Crippen MR) is 119 cm³/mol. The number of halogens is 2. The van der Waals surface area contributed by atoms with Crippen molar-refractivity contribution in [1.29, 1.82) is 0 Å². The first kappa shape index (κ1) is 19.4. The Morgan fingerprint density at radius 3 is 2.52 bits per heavy atom. The molecular weight excluding hydrogens is 365 g/mol. The fourth-order valence-electron chi connectivity index (χ4n) is 3.89. The third-order valence-corrected chi connectivity index (χ3v) is 5.38. The second-order valence-corrected chi connectivity index (χ2v) is 7.97. The van der Waals surface area contributed by atoms with Crippen molar-refractivity contribution in [2.45, 2.75) is 26.7 Å². The lowest BCUT2D eigenvalue weighted by atomic mass is 9.90. The molecule has 1 aromatic heterocycles. The van der Waals surface area contributed by atoms with Crippen LogP contribution in [-0.2, 0) is 0 Å². The molecule has 0 fully saturated rings. The normalized spacial score (nSPS) is 17.5.